The molecule has 1 fully saturated rings. The van der Waals surface area contributed by atoms with Gasteiger partial charge in [-0.1, -0.05) is 30.3 Å². The van der Waals surface area contributed by atoms with Gasteiger partial charge in [-0.15, -0.1) is 11.3 Å². The SMILES string of the molecule is O=C(Nc1cccc(NC(=O)C2CC2)c1)c1cc2c(s1)-c1ccccc1CC2. The van der Waals surface area contributed by atoms with Crippen molar-refractivity contribution in [3.63, 3.8) is 0 Å². The molecule has 2 aromatic carbocycles. The van der Waals surface area contributed by atoms with E-state index in [9.17, 15) is 9.59 Å². The van der Waals surface area contributed by atoms with Crippen LogP contribution in [-0.2, 0) is 17.6 Å². The Balaban J connectivity index is 1.34. The number of rotatable bonds is 4. The summed E-state index contributed by atoms with van der Waals surface area (Å²) in [6, 6.07) is 17.8. The molecule has 4 nitrogen and oxygen atoms in total. The highest BCUT2D eigenvalue weighted by molar-refractivity contribution is 7.17. The fourth-order valence-electron chi connectivity index (χ4n) is 3.64. The van der Waals surface area contributed by atoms with Crippen LogP contribution in [-0.4, -0.2) is 11.8 Å². The minimum absolute atomic E-state index is 0.0630. The van der Waals surface area contributed by atoms with E-state index >= 15 is 0 Å². The number of carbonyl (C=O) groups is 2. The van der Waals surface area contributed by atoms with Crippen molar-refractivity contribution >= 4 is 34.5 Å². The summed E-state index contributed by atoms with van der Waals surface area (Å²) in [5.41, 5.74) is 5.25. The van der Waals surface area contributed by atoms with Gasteiger partial charge in [0, 0.05) is 22.2 Å². The first kappa shape index (κ1) is 17.2. The number of thiophene rings is 1. The second-order valence-corrected chi connectivity index (χ2v) is 8.47. The first-order chi connectivity index (χ1) is 13.7. The number of fused-ring (bicyclic) bond motifs is 3. The highest BCUT2D eigenvalue weighted by Crippen LogP contribution is 2.39. The van der Waals surface area contributed by atoms with Crippen LogP contribution in [0, 0.1) is 5.92 Å². The van der Waals surface area contributed by atoms with Gasteiger partial charge in [-0.05, 0) is 66.6 Å². The number of hydrogen-bond donors (Lipinski definition) is 2. The van der Waals surface area contributed by atoms with Crippen LogP contribution < -0.4 is 10.6 Å². The fourth-order valence-corrected chi connectivity index (χ4v) is 4.81. The molecule has 140 valence electrons. The Morgan fingerprint density at radius 3 is 2.43 bits per heavy atom. The van der Waals surface area contributed by atoms with Crippen molar-refractivity contribution in [3.8, 4) is 10.4 Å². The molecule has 2 aliphatic rings. The maximum Gasteiger partial charge on any atom is 0.265 e. The van der Waals surface area contributed by atoms with E-state index in [0.29, 0.717) is 16.3 Å². The molecule has 0 saturated heterocycles. The Hall–Kier alpha value is -2.92. The molecule has 1 heterocycles. The number of benzene rings is 2. The van der Waals surface area contributed by atoms with Crippen LogP contribution in [0.15, 0.2) is 54.6 Å². The lowest BCUT2D eigenvalue weighted by Gasteiger charge is -2.15. The Bertz CT molecular complexity index is 1080. The van der Waals surface area contributed by atoms with E-state index in [1.165, 1.54) is 21.6 Å². The first-order valence-corrected chi connectivity index (χ1v) is 10.4. The summed E-state index contributed by atoms with van der Waals surface area (Å²) in [5, 5.41) is 5.89. The lowest BCUT2D eigenvalue weighted by molar-refractivity contribution is -0.117. The van der Waals surface area contributed by atoms with E-state index < -0.39 is 0 Å². The van der Waals surface area contributed by atoms with Crippen molar-refractivity contribution in [2.24, 2.45) is 5.92 Å². The van der Waals surface area contributed by atoms with Gasteiger partial charge in [-0.3, -0.25) is 9.59 Å². The number of anilines is 2. The normalized spacial score (nSPS) is 14.7. The zero-order valence-electron chi connectivity index (χ0n) is 15.3. The summed E-state index contributed by atoms with van der Waals surface area (Å²) in [6.07, 6.45) is 3.92. The summed E-state index contributed by atoms with van der Waals surface area (Å²) in [5.74, 6) is 0.106. The molecule has 0 unspecified atom stereocenters. The van der Waals surface area contributed by atoms with Crippen LogP contribution in [0.5, 0.6) is 0 Å². The maximum absolute atomic E-state index is 12.8. The molecule has 0 radical (unpaired) electrons. The number of amides is 2. The molecular formula is C23H20N2O2S. The summed E-state index contributed by atoms with van der Waals surface area (Å²) in [4.78, 5) is 26.7. The third-order valence-electron chi connectivity index (χ3n) is 5.29. The molecular weight excluding hydrogens is 368 g/mol. The molecule has 1 aromatic heterocycles. The molecule has 5 heteroatoms. The molecule has 0 atom stereocenters. The first-order valence-electron chi connectivity index (χ1n) is 9.60. The third-order valence-corrected chi connectivity index (χ3v) is 6.50. The lowest BCUT2D eigenvalue weighted by atomic mass is 9.91. The van der Waals surface area contributed by atoms with Crippen molar-refractivity contribution < 1.29 is 9.59 Å². The minimum atomic E-state index is -0.109. The smallest absolute Gasteiger partial charge is 0.265 e. The van der Waals surface area contributed by atoms with E-state index in [4.69, 9.17) is 0 Å². The van der Waals surface area contributed by atoms with Gasteiger partial charge < -0.3 is 10.6 Å². The second-order valence-electron chi connectivity index (χ2n) is 7.42. The Morgan fingerprint density at radius 2 is 1.61 bits per heavy atom. The molecule has 1 saturated carbocycles. The molecule has 2 amide bonds. The quantitative estimate of drug-likeness (QED) is 0.652. The van der Waals surface area contributed by atoms with Gasteiger partial charge in [0.25, 0.3) is 5.91 Å². The van der Waals surface area contributed by atoms with E-state index in [1.54, 1.807) is 17.4 Å². The number of hydrogen-bond acceptors (Lipinski definition) is 3. The third kappa shape index (κ3) is 3.34. The van der Waals surface area contributed by atoms with E-state index in [-0.39, 0.29) is 17.7 Å². The highest BCUT2D eigenvalue weighted by Gasteiger charge is 2.29. The van der Waals surface area contributed by atoms with Crippen molar-refractivity contribution in [2.45, 2.75) is 25.7 Å². The van der Waals surface area contributed by atoms with Crippen LogP contribution in [0.3, 0.4) is 0 Å². The maximum atomic E-state index is 12.8. The number of nitrogens with one attached hydrogen (secondary N) is 2. The minimum Gasteiger partial charge on any atom is -0.326 e. The van der Waals surface area contributed by atoms with Crippen LogP contribution in [0.4, 0.5) is 11.4 Å². The van der Waals surface area contributed by atoms with E-state index in [0.717, 1.165) is 25.7 Å². The van der Waals surface area contributed by atoms with Crippen molar-refractivity contribution in [3.05, 3.63) is 70.6 Å². The molecule has 28 heavy (non-hydrogen) atoms. The van der Waals surface area contributed by atoms with Crippen molar-refractivity contribution in [1.29, 1.82) is 0 Å². The second kappa shape index (κ2) is 6.91. The molecule has 3 aromatic rings. The Labute approximate surface area is 167 Å². The summed E-state index contributed by atoms with van der Waals surface area (Å²) in [7, 11) is 0. The van der Waals surface area contributed by atoms with Crippen molar-refractivity contribution in [1.82, 2.24) is 0 Å². The average Bonchev–Trinajstić information content (AvgIpc) is 3.46. The van der Waals surface area contributed by atoms with Gasteiger partial charge in [-0.2, -0.15) is 0 Å². The zero-order chi connectivity index (χ0) is 19.1. The average molecular weight is 388 g/mol. The van der Waals surface area contributed by atoms with Crippen LogP contribution in [0.25, 0.3) is 10.4 Å². The number of aryl methyl sites for hydroxylation is 2. The number of carbonyl (C=O) groups excluding carboxylic acids is 2. The molecule has 2 N–H and O–H groups in total. The van der Waals surface area contributed by atoms with Gasteiger partial charge in [0.05, 0.1) is 4.88 Å². The highest BCUT2D eigenvalue weighted by atomic mass is 32.1. The molecule has 2 aliphatic carbocycles. The van der Waals surface area contributed by atoms with Gasteiger partial charge in [0.2, 0.25) is 5.91 Å². The van der Waals surface area contributed by atoms with Crippen molar-refractivity contribution in [2.75, 3.05) is 10.6 Å². The largest absolute Gasteiger partial charge is 0.326 e. The lowest BCUT2D eigenvalue weighted by Crippen LogP contribution is -2.14. The van der Waals surface area contributed by atoms with Gasteiger partial charge in [0.15, 0.2) is 0 Å². The summed E-state index contributed by atoms with van der Waals surface area (Å²) < 4.78 is 0. The van der Waals surface area contributed by atoms with Gasteiger partial charge in [0.1, 0.15) is 0 Å². The predicted octanol–water partition coefficient (Wildman–Crippen LogP) is 5.11. The van der Waals surface area contributed by atoms with Crippen LogP contribution >= 0.6 is 11.3 Å². The molecule has 0 aliphatic heterocycles. The predicted molar refractivity (Wildman–Crippen MR) is 113 cm³/mol. The van der Waals surface area contributed by atoms with Gasteiger partial charge >= 0.3 is 0 Å². The monoisotopic (exact) mass is 388 g/mol. The Kier molecular flexibility index (Phi) is 4.24. The van der Waals surface area contributed by atoms with E-state index in [2.05, 4.69) is 34.9 Å². The zero-order valence-corrected chi connectivity index (χ0v) is 16.1. The Morgan fingerprint density at radius 1 is 0.857 bits per heavy atom. The molecule has 5 rings (SSSR count). The standard InChI is InChI=1S/C23H20N2O2S/c26-22(15-9-10-15)24-17-5-3-6-18(13-17)25-23(27)20-12-16-11-8-14-4-1-2-7-19(14)21(16)28-20/h1-7,12-13,15H,8-11H2,(H,24,26)(H,25,27). The summed E-state index contributed by atoms with van der Waals surface area (Å²) >= 11 is 1.55. The van der Waals surface area contributed by atoms with Gasteiger partial charge in [-0.25, -0.2) is 0 Å². The van der Waals surface area contributed by atoms with Crippen LogP contribution in [0.2, 0.25) is 0 Å². The van der Waals surface area contributed by atoms with E-state index in [1.807, 2.05) is 24.3 Å². The topological polar surface area (TPSA) is 58.2 Å². The van der Waals surface area contributed by atoms with Crippen LogP contribution in [0.1, 0.15) is 33.6 Å². The molecule has 0 spiro atoms. The fraction of sp³-hybridized carbons (Fsp3) is 0.217. The summed E-state index contributed by atoms with van der Waals surface area (Å²) in [6.45, 7) is 0. The molecule has 0 bridgehead atoms.